The van der Waals surface area contributed by atoms with Crippen molar-refractivity contribution >= 4 is 21.7 Å². The van der Waals surface area contributed by atoms with Gasteiger partial charge in [0.05, 0.1) is 11.5 Å². The summed E-state index contributed by atoms with van der Waals surface area (Å²) in [5.74, 6) is 0.523. The molecule has 0 aliphatic rings. The standard InChI is InChI=1S/C10H13ClO3S/c11-8-4-5-9-14-15(12,13)10-6-2-1-3-7-10/h1-3,6-7H,4-5,8-9H2. The topological polar surface area (TPSA) is 43.4 Å². The number of hydrogen-bond donors (Lipinski definition) is 0. The Morgan fingerprint density at radius 1 is 1.13 bits per heavy atom. The molecule has 0 unspecified atom stereocenters. The Balaban J connectivity index is 2.53. The summed E-state index contributed by atoms with van der Waals surface area (Å²) in [7, 11) is -3.58. The molecule has 0 spiro atoms. The van der Waals surface area contributed by atoms with Gasteiger partial charge in [0.1, 0.15) is 0 Å². The van der Waals surface area contributed by atoms with E-state index in [9.17, 15) is 8.42 Å². The predicted molar refractivity (Wildman–Crippen MR) is 59.5 cm³/mol. The van der Waals surface area contributed by atoms with Crippen molar-refractivity contribution in [1.29, 1.82) is 0 Å². The van der Waals surface area contributed by atoms with Gasteiger partial charge in [-0.15, -0.1) is 11.6 Å². The van der Waals surface area contributed by atoms with Crippen LogP contribution in [0.5, 0.6) is 0 Å². The minimum Gasteiger partial charge on any atom is -0.266 e. The van der Waals surface area contributed by atoms with Gasteiger partial charge in [-0.2, -0.15) is 8.42 Å². The summed E-state index contributed by atoms with van der Waals surface area (Å²) in [6.45, 7) is 0.184. The molecular formula is C10H13ClO3S. The maximum atomic E-state index is 11.5. The Morgan fingerprint density at radius 3 is 2.40 bits per heavy atom. The Bertz CT molecular complexity index is 375. The molecule has 0 heterocycles. The van der Waals surface area contributed by atoms with Gasteiger partial charge in [-0.05, 0) is 25.0 Å². The van der Waals surface area contributed by atoms with Crippen LogP contribution < -0.4 is 0 Å². The first-order chi connectivity index (χ1) is 7.17. The van der Waals surface area contributed by atoms with Gasteiger partial charge in [-0.1, -0.05) is 18.2 Å². The van der Waals surface area contributed by atoms with Crippen molar-refractivity contribution in [3.63, 3.8) is 0 Å². The average molecular weight is 249 g/mol. The van der Waals surface area contributed by atoms with Gasteiger partial charge in [0.25, 0.3) is 10.1 Å². The fraction of sp³-hybridized carbons (Fsp3) is 0.400. The van der Waals surface area contributed by atoms with Crippen LogP contribution in [-0.2, 0) is 14.3 Å². The molecule has 84 valence electrons. The third-order valence-corrected chi connectivity index (χ3v) is 3.39. The van der Waals surface area contributed by atoms with Gasteiger partial charge in [0.2, 0.25) is 0 Å². The van der Waals surface area contributed by atoms with Crippen LogP contribution in [0.3, 0.4) is 0 Å². The van der Waals surface area contributed by atoms with E-state index in [2.05, 4.69) is 0 Å². The van der Waals surface area contributed by atoms with Crippen molar-refractivity contribution in [2.45, 2.75) is 17.7 Å². The number of hydrogen-bond acceptors (Lipinski definition) is 3. The van der Waals surface area contributed by atoms with E-state index >= 15 is 0 Å². The monoisotopic (exact) mass is 248 g/mol. The summed E-state index contributed by atoms with van der Waals surface area (Å²) in [5, 5.41) is 0. The molecule has 0 N–H and O–H groups in total. The minimum atomic E-state index is -3.58. The first-order valence-corrected chi connectivity index (χ1v) is 6.61. The molecule has 15 heavy (non-hydrogen) atoms. The van der Waals surface area contributed by atoms with E-state index in [4.69, 9.17) is 15.8 Å². The SMILES string of the molecule is O=S(=O)(OCCCCCl)c1ccccc1. The molecule has 1 aromatic rings. The van der Waals surface area contributed by atoms with Crippen molar-refractivity contribution in [1.82, 2.24) is 0 Å². The van der Waals surface area contributed by atoms with Gasteiger partial charge >= 0.3 is 0 Å². The van der Waals surface area contributed by atoms with Gasteiger partial charge < -0.3 is 0 Å². The van der Waals surface area contributed by atoms with Crippen LogP contribution in [0.1, 0.15) is 12.8 Å². The summed E-state index contributed by atoms with van der Waals surface area (Å²) in [5.41, 5.74) is 0. The second-order valence-electron chi connectivity index (χ2n) is 2.99. The second kappa shape index (κ2) is 6.10. The zero-order chi connectivity index (χ0) is 11.1. The highest BCUT2D eigenvalue weighted by Crippen LogP contribution is 2.11. The fourth-order valence-corrected chi connectivity index (χ4v) is 2.17. The molecule has 0 atom stereocenters. The lowest BCUT2D eigenvalue weighted by molar-refractivity contribution is 0.311. The zero-order valence-corrected chi connectivity index (χ0v) is 9.80. The maximum Gasteiger partial charge on any atom is 0.296 e. The lowest BCUT2D eigenvalue weighted by Gasteiger charge is -2.04. The normalized spacial score (nSPS) is 11.5. The maximum absolute atomic E-state index is 11.5. The summed E-state index contributed by atoms with van der Waals surface area (Å²) in [4.78, 5) is 0.191. The number of halogens is 1. The largest absolute Gasteiger partial charge is 0.296 e. The molecule has 0 saturated carbocycles. The molecule has 0 amide bonds. The zero-order valence-electron chi connectivity index (χ0n) is 8.23. The van der Waals surface area contributed by atoms with Crippen LogP contribution in [0.25, 0.3) is 0 Å². The molecular weight excluding hydrogens is 236 g/mol. The number of benzene rings is 1. The highest BCUT2D eigenvalue weighted by Gasteiger charge is 2.13. The molecule has 0 aliphatic carbocycles. The van der Waals surface area contributed by atoms with Crippen molar-refractivity contribution in [3.8, 4) is 0 Å². The third kappa shape index (κ3) is 4.20. The first-order valence-electron chi connectivity index (χ1n) is 4.67. The van der Waals surface area contributed by atoms with E-state index in [1.54, 1.807) is 18.2 Å². The first kappa shape index (κ1) is 12.5. The Kier molecular flexibility index (Phi) is 5.08. The van der Waals surface area contributed by atoms with Crippen LogP contribution in [0.4, 0.5) is 0 Å². The molecule has 1 rings (SSSR count). The molecule has 0 saturated heterocycles. The second-order valence-corrected chi connectivity index (χ2v) is 4.98. The average Bonchev–Trinajstić information content (AvgIpc) is 2.26. The van der Waals surface area contributed by atoms with Crippen LogP contribution in [0.2, 0.25) is 0 Å². The van der Waals surface area contributed by atoms with Crippen LogP contribution >= 0.6 is 11.6 Å². The molecule has 0 aliphatic heterocycles. The van der Waals surface area contributed by atoms with Crippen LogP contribution in [-0.4, -0.2) is 20.9 Å². The van der Waals surface area contributed by atoms with Crippen molar-refractivity contribution in [2.24, 2.45) is 0 Å². The van der Waals surface area contributed by atoms with Gasteiger partial charge in [0, 0.05) is 5.88 Å². The summed E-state index contributed by atoms with van der Waals surface area (Å²) in [6.07, 6.45) is 1.40. The Labute approximate surface area is 95.1 Å². The molecule has 0 fully saturated rings. The highest BCUT2D eigenvalue weighted by molar-refractivity contribution is 7.86. The number of rotatable bonds is 6. The van der Waals surface area contributed by atoms with E-state index in [-0.39, 0.29) is 11.5 Å². The minimum absolute atomic E-state index is 0.184. The van der Waals surface area contributed by atoms with Gasteiger partial charge in [-0.3, -0.25) is 4.18 Å². The Morgan fingerprint density at radius 2 is 1.80 bits per heavy atom. The van der Waals surface area contributed by atoms with Gasteiger partial charge in [-0.25, -0.2) is 0 Å². The van der Waals surface area contributed by atoms with Crippen LogP contribution in [0.15, 0.2) is 35.2 Å². The fourth-order valence-electron chi connectivity index (χ4n) is 1.02. The van der Waals surface area contributed by atoms with Crippen molar-refractivity contribution in [3.05, 3.63) is 30.3 Å². The smallest absolute Gasteiger partial charge is 0.266 e. The van der Waals surface area contributed by atoms with Crippen LogP contribution in [0, 0.1) is 0 Å². The van der Waals surface area contributed by atoms with E-state index < -0.39 is 10.1 Å². The Hall–Kier alpha value is -0.580. The lowest BCUT2D eigenvalue weighted by Crippen LogP contribution is -2.07. The van der Waals surface area contributed by atoms with E-state index in [0.717, 1.165) is 6.42 Å². The lowest BCUT2D eigenvalue weighted by atomic mass is 10.4. The molecule has 5 heteroatoms. The summed E-state index contributed by atoms with van der Waals surface area (Å²) < 4.78 is 27.9. The molecule has 3 nitrogen and oxygen atoms in total. The molecule has 0 bridgehead atoms. The van der Waals surface area contributed by atoms with Gasteiger partial charge in [0.15, 0.2) is 0 Å². The van der Waals surface area contributed by atoms with E-state index in [1.165, 1.54) is 12.1 Å². The summed E-state index contributed by atoms with van der Waals surface area (Å²) in [6, 6.07) is 8.10. The molecule has 0 aromatic heterocycles. The van der Waals surface area contributed by atoms with Crippen molar-refractivity contribution in [2.75, 3.05) is 12.5 Å². The highest BCUT2D eigenvalue weighted by atomic mass is 35.5. The number of alkyl halides is 1. The van der Waals surface area contributed by atoms with E-state index in [0.29, 0.717) is 12.3 Å². The molecule has 1 aromatic carbocycles. The molecule has 0 radical (unpaired) electrons. The van der Waals surface area contributed by atoms with E-state index in [1.807, 2.05) is 0 Å². The summed E-state index contributed by atoms with van der Waals surface area (Å²) >= 11 is 5.46. The number of unbranched alkanes of at least 4 members (excludes halogenated alkanes) is 1. The third-order valence-electron chi connectivity index (χ3n) is 1.80. The predicted octanol–water partition coefficient (Wildman–Crippen LogP) is 2.41. The van der Waals surface area contributed by atoms with Crippen molar-refractivity contribution < 1.29 is 12.6 Å². The quantitative estimate of drug-likeness (QED) is 0.441.